The van der Waals surface area contributed by atoms with Crippen molar-refractivity contribution in [3.05, 3.63) is 33.8 Å². The van der Waals surface area contributed by atoms with Gasteiger partial charge in [-0.15, -0.1) is 16.4 Å². The summed E-state index contributed by atoms with van der Waals surface area (Å²) in [6.07, 6.45) is 2.84. The highest BCUT2D eigenvalue weighted by Gasteiger charge is 2.02. The molecule has 2 aromatic heterocycles. The van der Waals surface area contributed by atoms with Crippen LogP contribution in [0, 0.1) is 0 Å². The van der Waals surface area contributed by atoms with E-state index < -0.39 is 0 Å². The molecule has 0 aliphatic rings. The molecule has 0 aliphatic heterocycles. The van der Waals surface area contributed by atoms with Crippen molar-refractivity contribution in [2.75, 3.05) is 0 Å². The van der Waals surface area contributed by atoms with Crippen molar-refractivity contribution in [2.45, 2.75) is 26.5 Å². The molecule has 0 unspecified atom stereocenters. The summed E-state index contributed by atoms with van der Waals surface area (Å²) >= 11 is 1.79. The maximum Gasteiger partial charge on any atom is 0.108 e. The van der Waals surface area contributed by atoms with E-state index in [0.717, 1.165) is 13.0 Å². The van der Waals surface area contributed by atoms with Gasteiger partial charge in [0.1, 0.15) is 5.69 Å². The lowest BCUT2D eigenvalue weighted by Crippen LogP contribution is -1.98. The maximum absolute atomic E-state index is 8.85. The van der Waals surface area contributed by atoms with Crippen LogP contribution in [-0.2, 0) is 19.6 Å². The molecule has 0 fully saturated rings. The zero-order valence-electron chi connectivity index (χ0n) is 8.55. The van der Waals surface area contributed by atoms with Crippen LogP contribution in [0.1, 0.15) is 22.4 Å². The average Bonchev–Trinajstić information content (AvgIpc) is 2.87. The summed E-state index contributed by atoms with van der Waals surface area (Å²) in [6, 6.07) is 4.26. The van der Waals surface area contributed by atoms with Gasteiger partial charge in [-0.3, -0.25) is 0 Å². The molecule has 80 valence electrons. The van der Waals surface area contributed by atoms with E-state index in [9.17, 15) is 0 Å². The number of aryl methyl sites for hydroxylation is 1. The third-order valence-electron chi connectivity index (χ3n) is 2.13. The molecule has 0 amide bonds. The Labute approximate surface area is 92.2 Å². The zero-order chi connectivity index (χ0) is 10.7. The number of hydrogen-bond acceptors (Lipinski definition) is 4. The van der Waals surface area contributed by atoms with E-state index in [1.807, 2.05) is 0 Å². The molecule has 2 aromatic rings. The van der Waals surface area contributed by atoms with Crippen LogP contribution < -0.4 is 0 Å². The SMILES string of the molecule is CCc1ccc(Cn2cc(CO)nn2)s1. The smallest absolute Gasteiger partial charge is 0.108 e. The lowest BCUT2D eigenvalue weighted by Gasteiger charge is -1.95. The minimum Gasteiger partial charge on any atom is -0.390 e. The number of hydrogen-bond donors (Lipinski definition) is 1. The first kappa shape index (κ1) is 10.3. The summed E-state index contributed by atoms with van der Waals surface area (Å²) in [5.41, 5.74) is 0.613. The van der Waals surface area contributed by atoms with Crippen molar-refractivity contribution in [3.8, 4) is 0 Å². The molecule has 2 rings (SSSR count). The van der Waals surface area contributed by atoms with Crippen LogP contribution in [0.3, 0.4) is 0 Å². The Hall–Kier alpha value is -1.20. The first-order valence-corrected chi connectivity index (χ1v) is 5.71. The molecule has 0 atom stereocenters. The van der Waals surface area contributed by atoms with Crippen LogP contribution in [-0.4, -0.2) is 20.1 Å². The largest absolute Gasteiger partial charge is 0.390 e. The predicted octanol–water partition coefficient (Wildman–Crippen LogP) is 1.44. The number of nitrogens with zero attached hydrogens (tertiary/aromatic N) is 3. The van der Waals surface area contributed by atoms with Gasteiger partial charge in [0.05, 0.1) is 19.3 Å². The van der Waals surface area contributed by atoms with Crippen LogP contribution in [0.5, 0.6) is 0 Å². The molecule has 5 heteroatoms. The molecule has 0 aromatic carbocycles. The topological polar surface area (TPSA) is 50.9 Å². The third-order valence-corrected chi connectivity index (χ3v) is 3.35. The first-order valence-electron chi connectivity index (χ1n) is 4.89. The highest BCUT2D eigenvalue weighted by Crippen LogP contribution is 2.17. The first-order chi connectivity index (χ1) is 7.31. The lowest BCUT2D eigenvalue weighted by molar-refractivity contribution is 0.276. The third kappa shape index (κ3) is 2.43. The highest BCUT2D eigenvalue weighted by atomic mass is 32.1. The Balaban J connectivity index is 2.07. The van der Waals surface area contributed by atoms with Crippen LogP contribution in [0.2, 0.25) is 0 Å². The van der Waals surface area contributed by atoms with E-state index in [4.69, 9.17) is 5.11 Å². The van der Waals surface area contributed by atoms with E-state index in [1.165, 1.54) is 9.75 Å². The number of rotatable bonds is 4. The fraction of sp³-hybridized carbons (Fsp3) is 0.400. The molecular formula is C10H13N3OS. The fourth-order valence-corrected chi connectivity index (χ4v) is 2.30. The Bertz CT molecular complexity index is 395. The van der Waals surface area contributed by atoms with Crippen LogP contribution in [0.4, 0.5) is 0 Å². The number of thiophene rings is 1. The van der Waals surface area contributed by atoms with Gasteiger partial charge in [-0.25, -0.2) is 4.68 Å². The minimum absolute atomic E-state index is 0.0509. The minimum atomic E-state index is -0.0509. The Kier molecular flexibility index (Phi) is 3.13. The summed E-state index contributed by atoms with van der Waals surface area (Å²) in [7, 11) is 0. The van der Waals surface area contributed by atoms with E-state index in [0.29, 0.717) is 5.69 Å². The molecule has 2 heterocycles. The van der Waals surface area contributed by atoms with E-state index >= 15 is 0 Å². The lowest BCUT2D eigenvalue weighted by atomic mass is 10.4. The summed E-state index contributed by atoms with van der Waals surface area (Å²) in [6.45, 7) is 2.83. The average molecular weight is 223 g/mol. The standard InChI is InChI=1S/C10H13N3OS/c1-2-9-3-4-10(15-9)6-13-5-8(7-14)11-12-13/h3-5,14H,2,6-7H2,1H3. The molecule has 0 spiro atoms. The molecule has 0 saturated heterocycles. The predicted molar refractivity (Wildman–Crippen MR) is 58.7 cm³/mol. The Morgan fingerprint density at radius 3 is 2.80 bits per heavy atom. The quantitative estimate of drug-likeness (QED) is 0.853. The van der Waals surface area contributed by atoms with Crippen molar-refractivity contribution in [1.82, 2.24) is 15.0 Å². The second-order valence-electron chi connectivity index (χ2n) is 3.29. The van der Waals surface area contributed by atoms with E-state index in [2.05, 4.69) is 29.4 Å². The fourth-order valence-electron chi connectivity index (χ4n) is 1.35. The van der Waals surface area contributed by atoms with Crippen molar-refractivity contribution in [1.29, 1.82) is 0 Å². The molecule has 0 saturated carbocycles. The van der Waals surface area contributed by atoms with Gasteiger partial charge in [-0.1, -0.05) is 12.1 Å². The second-order valence-corrected chi connectivity index (χ2v) is 4.54. The van der Waals surface area contributed by atoms with Gasteiger partial charge in [0.15, 0.2) is 0 Å². The normalized spacial score (nSPS) is 10.8. The highest BCUT2D eigenvalue weighted by molar-refractivity contribution is 7.11. The molecule has 15 heavy (non-hydrogen) atoms. The molecular weight excluding hydrogens is 210 g/mol. The Morgan fingerprint density at radius 2 is 2.20 bits per heavy atom. The maximum atomic E-state index is 8.85. The van der Waals surface area contributed by atoms with E-state index in [1.54, 1.807) is 22.2 Å². The van der Waals surface area contributed by atoms with Crippen LogP contribution >= 0.6 is 11.3 Å². The molecule has 0 radical (unpaired) electrons. The monoisotopic (exact) mass is 223 g/mol. The molecule has 0 bridgehead atoms. The summed E-state index contributed by atoms with van der Waals surface area (Å²) in [5, 5.41) is 16.6. The van der Waals surface area contributed by atoms with Gasteiger partial charge >= 0.3 is 0 Å². The van der Waals surface area contributed by atoms with Crippen LogP contribution in [0.15, 0.2) is 18.3 Å². The zero-order valence-corrected chi connectivity index (χ0v) is 9.37. The van der Waals surface area contributed by atoms with E-state index in [-0.39, 0.29) is 6.61 Å². The molecule has 4 nitrogen and oxygen atoms in total. The van der Waals surface area contributed by atoms with Crippen LogP contribution in [0.25, 0.3) is 0 Å². The molecule has 1 N–H and O–H groups in total. The van der Waals surface area contributed by atoms with Gasteiger partial charge in [0, 0.05) is 9.75 Å². The number of aliphatic hydroxyl groups is 1. The summed E-state index contributed by atoms with van der Waals surface area (Å²) in [5.74, 6) is 0. The van der Waals surface area contributed by atoms with Gasteiger partial charge in [0.25, 0.3) is 0 Å². The molecule has 0 aliphatic carbocycles. The number of aliphatic hydroxyl groups excluding tert-OH is 1. The van der Waals surface area contributed by atoms with Crippen molar-refractivity contribution in [3.63, 3.8) is 0 Å². The van der Waals surface area contributed by atoms with Gasteiger partial charge < -0.3 is 5.11 Å². The summed E-state index contributed by atoms with van der Waals surface area (Å²) < 4.78 is 1.75. The van der Waals surface area contributed by atoms with Gasteiger partial charge in [0.2, 0.25) is 0 Å². The van der Waals surface area contributed by atoms with Gasteiger partial charge in [-0.2, -0.15) is 0 Å². The van der Waals surface area contributed by atoms with Crippen molar-refractivity contribution >= 4 is 11.3 Å². The van der Waals surface area contributed by atoms with Gasteiger partial charge in [-0.05, 0) is 18.6 Å². The van der Waals surface area contributed by atoms with Crippen molar-refractivity contribution in [2.24, 2.45) is 0 Å². The Morgan fingerprint density at radius 1 is 1.40 bits per heavy atom. The van der Waals surface area contributed by atoms with Crippen molar-refractivity contribution < 1.29 is 5.11 Å². The summed E-state index contributed by atoms with van der Waals surface area (Å²) in [4.78, 5) is 2.65. The second kappa shape index (κ2) is 4.55. The number of aromatic nitrogens is 3.